The third-order valence-electron chi connectivity index (χ3n) is 4.62. The van der Waals surface area contributed by atoms with E-state index in [1.165, 1.54) is 12.8 Å². The van der Waals surface area contributed by atoms with Crippen LogP contribution in [-0.4, -0.2) is 54.8 Å². The molecule has 0 radical (unpaired) electrons. The fourth-order valence-electron chi connectivity index (χ4n) is 3.07. The zero-order valence-corrected chi connectivity index (χ0v) is 15.0. The molecule has 1 aromatic rings. The molecule has 2 rings (SSSR count). The lowest BCUT2D eigenvalue weighted by Gasteiger charge is -2.23. The van der Waals surface area contributed by atoms with Gasteiger partial charge in [0, 0.05) is 38.7 Å². The summed E-state index contributed by atoms with van der Waals surface area (Å²) in [5, 5.41) is 2.96. The molecule has 24 heavy (non-hydrogen) atoms. The Morgan fingerprint density at radius 1 is 1.25 bits per heavy atom. The lowest BCUT2D eigenvalue weighted by molar-refractivity contribution is -0.121. The highest BCUT2D eigenvalue weighted by Crippen LogP contribution is 2.15. The zero-order valence-electron chi connectivity index (χ0n) is 15.0. The van der Waals surface area contributed by atoms with Gasteiger partial charge < -0.3 is 15.1 Å². The Morgan fingerprint density at radius 3 is 2.62 bits per heavy atom. The Labute approximate surface area is 145 Å². The summed E-state index contributed by atoms with van der Waals surface area (Å²) in [4.78, 5) is 28.0. The summed E-state index contributed by atoms with van der Waals surface area (Å²) in [6.45, 7) is 4.99. The van der Waals surface area contributed by atoms with Crippen LogP contribution >= 0.6 is 0 Å². The Balaban J connectivity index is 1.77. The van der Waals surface area contributed by atoms with E-state index >= 15 is 0 Å². The zero-order chi connectivity index (χ0) is 17.5. The normalized spacial score (nSPS) is 16.0. The number of likely N-dealkylation sites (tertiary alicyclic amines) is 1. The lowest BCUT2D eigenvalue weighted by atomic mass is 10.1. The summed E-state index contributed by atoms with van der Waals surface area (Å²) >= 11 is 0. The fraction of sp³-hybridized carbons (Fsp3) is 0.579. The highest BCUT2D eigenvalue weighted by atomic mass is 16.2. The first-order valence-corrected chi connectivity index (χ1v) is 8.78. The van der Waals surface area contributed by atoms with Crippen molar-refractivity contribution in [2.45, 2.75) is 45.2 Å². The summed E-state index contributed by atoms with van der Waals surface area (Å²) in [7, 11) is 3.47. The number of amides is 2. The highest BCUT2D eigenvalue weighted by Gasteiger charge is 2.18. The predicted octanol–water partition coefficient (Wildman–Crippen LogP) is 2.27. The first-order chi connectivity index (χ1) is 11.5. The molecule has 0 unspecified atom stereocenters. The Hall–Kier alpha value is -1.88. The van der Waals surface area contributed by atoms with Crippen LogP contribution in [0.3, 0.4) is 0 Å². The Morgan fingerprint density at radius 2 is 1.96 bits per heavy atom. The molecule has 1 heterocycles. The van der Waals surface area contributed by atoms with Gasteiger partial charge in [-0.2, -0.15) is 0 Å². The van der Waals surface area contributed by atoms with E-state index in [0.717, 1.165) is 25.1 Å². The van der Waals surface area contributed by atoms with Crippen molar-refractivity contribution >= 4 is 11.8 Å². The molecule has 1 saturated heterocycles. The highest BCUT2D eigenvalue weighted by molar-refractivity contribution is 5.94. The van der Waals surface area contributed by atoms with E-state index in [2.05, 4.69) is 17.1 Å². The minimum Gasteiger partial charge on any atom is -0.352 e. The maximum Gasteiger partial charge on any atom is 0.253 e. The molecule has 5 nitrogen and oxygen atoms in total. The SMILES string of the molecule is C[C@H](CCC(=O)NCc1cccc(C(=O)N(C)C)c1)N1CCCC1. The smallest absolute Gasteiger partial charge is 0.253 e. The molecule has 1 aliphatic rings. The van der Waals surface area contributed by atoms with Gasteiger partial charge in [-0.05, 0) is 57.0 Å². The quantitative estimate of drug-likeness (QED) is 0.834. The van der Waals surface area contributed by atoms with Crippen molar-refractivity contribution in [3.05, 3.63) is 35.4 Å². The van der Waals surface area contributed by atoms with Gasteiger partial charge in [0.05, 0.1) is 0 Å². The van der Waals surface area contributed by atoms with Gasteiger partial charge in [-0.15, -0.1) is 0 Å². The van der Waals surface area contributed by atoms with Gasteiger partial charge in [-0.1, -0.05) is 12.1 Å². The third kappa shape index (κ3) is 5.34. The molecule has 5 heteroatoms. The van der Waals surface area contributed by atoms with E-state index in [4.69, 9.17) is 0 Å². The first kappa shape index (κ1) is 18.5. The van der Waals surface area contributed by atoms with Gasteiger partial charge in [-0.3, -0.25) is 9.59 Å². The average molecular weight is 331 g/mol. The predicted molar refractivity (Wildman–Crippen MR) is 95.8 cm³/mol. The van der Waals surface area contributed by atoms with Crippen LogP contribution in [0.2, 0.25) is 0 Å². The number of benzene rings is 1. The summed E-state index contributed by atoms with van der Waals surface area (Å²) in [5.41, 5.74) is 1.60. The number of rotatable bonds is 7. The van der Waals surface area contributed by atoms with E-state index in [1.807, 2.05) is 18.2 Å². The molecule has 1 N–H and O–H groups in total. The topological polar surface area (TPSA) is 52.7 Å². The monoisotopic (exact) mass is 331 g/mol. The maximum atomic E-state index is 12.1. The van der Waals surface area contributed by atoms with Gasteiger partial charge in [0.15, 0.2) is 0 Å². The van der Waals surface area contributed by atoms with Crippen LogP contribution < -0.4 is 5.32 Å². The Bertz CT molecular complexity index is 565. The fourth-order valence-corrected chi connectivity index (χ4v) is 3.07. The molecule has 0 bridgehead atoms. The van der Waals surface area contributed by atoms with Crippen LogP contribution in [0, 0.1) is 0 Å². The second-order valence-corrected chi connectivity index (χ2v) is 6.81. The van der Waals surface area contributed by atoms with E-state index < -0.39 is 0 Å². The van der Waals surface area contributed by atoms with Gasteiger partial charge >= 0.3 is 0 Å². The lowest BCUT2D eigenvalue weighted by Crippen LogP contribution is -2.32. The van der Waals surface area contributed by atoms with E-state index in [-0.39, 0.29) is 11.8 Å². The van der Waals surface area contributed by atoms with Crippen molar-refractivity contribution in [3.8, 4) is 0 Å². The number of nitrogens with one attached hydrogen (secondary N) is 1. The minimum atomic E-state index is -0.0254. The summed E-state index contributed by atoms with van der Waals surface area (Å²) in [6, 6.07) is 7.90. The summed E-state index contributed by atoms with van der Waals surface area (Å²) in [5.74, 6) is 0.0491. The van der Waals surface area contributed by atoms with E-state index in [9.17, 15) is 9.59 Å². The van der Waals surface area contributed by atoms with Crippen molar-refractivity contribution in [3.63, 3.8) is 0 Å². The van der Waals surface area contributed by atoms with Crippen molar-refractivity contribution in [2.75, 3.05) is 27.2 Å². The Kier molecular flexibility index (Phi) is 6.79. The van der Waals surface area contributed by atoms with Crippen LogP contribution in [-0.2, 0) is 11.3 Å². The van der Waals surface area contributed by atoms with Crippen LogP contribution in [0.25, 0.3) is 0 Å². The molecule has 1 fully saturated rings. The number of carbonyl (C=O) groups excluding carboxylic acids is 2. The van der Waals surface area contributed by atoms with Crippen molar-refractivity contribution in [1.82, 2.24) is 15.1 Å². The minimum absolute atomic E-state index is 0.0254. The van der Waals surface area contributed by atoms with E-state index in [0.29, 0.717) is 24.6 Å². The van der Waals surface area contributed by atoms with Gasteiger partial charge in [0.25, 0.3) is 5.91 Å². The summed E-state index contributed by atoms with van der Waals surface area (Å²) < 4.78 is 0. The largest absolute Gasteiger partial charge is 0.352 e. The van der Waals surface area contributed by atoms with Crippen LogP contribution in [0.15, 0.2) is 24.3 Å². The molecule has 1 aromatic carbocycles. The van der Waals surface area contributed by atoms with Gasteiger partial charge in [0.1, 0.15) is 0 Å². The van der Waals surface area contributed by atoms with Crippen molar-refractivity contribution < 1.29 is 9.59 Å². The number of hydrogen-bond donors (Lipinski definition) is 1. The molecule has 0 saturated carbocycles. The first-order valence-electron chi connectivity index (χ1n) is 8.78. The van der Waals surface area contributed by atoms with E-state index in [1.54, 1.807) is 25.1 Å². The molecule has 1 atom stereocenters. The maximum absolute atomic E-state index is 12.1. The molecular weight excluding hydrogens is 302 g/mol. The summed E-state index contributed by atoms with van der Waals surface area (Å²) in [6.07, 6.45) is 4.00. The van der Waals surface area contributed by atoms with Crippen LogP contribution in [0.4, 0.5) is 0 Å². The second-order valence-electron chi connectivity index (χ2n) is 6.81. The molecule has 1 aliphatic heterocycles. The molecule has 0 aliphatic carbocycles. The molecule has 2 amide bonds. The van der Waals surface area contributed by atoms with Gasteiger partial charge in [-0.25, -0.2) is 0 Å². The number of hydrogen-bond acceptors (Lipinski definition) is 3. The van der Waals surface area contributed by atoms with Crippen molar-refractivity contribution in [1.29, 1.82) is 0 Å². The van der Waals surface area contributed by atoms with Crippen LogP contribution in [0.5, 0.6) is 0 Å². The molecule has 0 aromatic heterocycles. The van der Waals surface area contributed by atoms with Crippen LogP contribution in [0.1, 0.15) is 48.5 Å². The molecule has 0 spiro atoms. The third-order valence-corrected chi connectivity index (χ3v) is 4.62. The average Bonchev–Trinajstić information content (AvgIpc) is 3.12. The van der Waals surface area contributed by atoms with Crippen molar-refractivity contribution in [2.24, 2.45) is 0 Å². The number of nitrogens with zero attached hydrogens (tertiary/aromatic N) is 2. The van der Waals surface area contributed by atoms with Gasteiger partial charge in [0.2, 0.25) is 5.91 Å². The second kappa shape index (κ2) is 8.83. The molecule has 132 valence electrons. The standard InChI is InChI=1S/C19H29N3O2/c1-15(22-11-4-5-12-22)9-10-18(23)20-14-16-7-6-8-17(13-16)19(24)21(2)3/h6-8,13,15H,4-5,9-12,14H2,1-3H3,(H,20,23)/t15-/m1/s1. The number of carbonyl (C=O) groups is 2. The molecular formula is C19H29N3O2.